The lowest BCUT2D eigenvalue weighted by atomic mass is 10.1. The van der Waals surface area contributed by atoms with Crippen LogP contribution in [0.15, 0.2) is 24.5 Å². The van der Waals surface area contributed by atoms with Crippen LogP contribution in [0.3, 0.4) is 0 Å². The summed E-state index contributed by atoms with van der Waals surface area (Å²) in [4.78, 5) is 4.06. The SMILES string of the molecule is CC#CCC(N)CCc1cccnc1. The molecule has 0 aliphatic rings. The molecule has 0 saturated carbocycles. The summed E-state index contributed by atoms with van der Waals surface area (Å²) in [6, 6.07) is 4.21. The Morgan fingerprint density at radius 3 is 3.07 bits per heavy atom. The summed E-state index contributed by atoms with van der Waals surface area (Å²) in [7, 11) is 0. The van der Waals surface area contributed by atoms with Crippen LogP contribution in [0.5, 0.6) is 0 Å². The minimum absolute atomic E-state index is 0.183. The second-order valence-electron chi connectivity index (χ2n) is 3.29. The Hall–Kier alpha value is -1.33. The van der Waals surface area contributed by atoms with Crippen LogP contribution in [0.1, 0.15) is 25.3 Å². The molecule has 2 nitrogen and oxygen atoms in total. The number of aromatic nitrogens is 1. The standard InChI is InChI=1S/C12H16N2/c1-2-3-6-12(13)8-7-11-5-4-9-14-10-11/h4-5,9-10,12H,6-8,13H2,1H3. The Bertz CT molecular complexity index is 308. The maximum absolute atomic E-state index is 5.88. The summed E-state index contributed by atoms with van der Waals surface area (Å²) in [5.74, 6) is 5.85. The molecule has 2 heteroatoms. The van der Waals surface area contributed by atoms with Gasteiger partial charge in [0, 0.05) is 24.9 Å². The fourth-order valence-corrected chi connectivity index (χ4v) is 1.23. The highest BCUT2D eigenvalue weighted by atomic mass is 14.6. The van der Waals surface area contributed by atoms with Crippen LogP contribution in [0.4, 0.5) is 0 Å². The van der Waals surface area contributed by atoms with E-state index in [-0.39, 0.29) is 6.04 Å². The maximum Gasteiger partial charge on any atom is 0.0299 e. The van der Waals surface area contributed by atoms with Gasteiger partial charge in [-0.2, -0.15) is 0 Å². The highest BCUT2D eigenvalue weighted by molar-refractivity contribution is 5.09. The van der Waals surface area contributed by atoms with Crippen LogP contribution < -0.4 is 5.73 Å². The Balaban J connectivity index is 2.29. The van der Waals surface area contributed by atoms with Gasteiger partial charge in [-0.05, 0) is 31.4 Å². The van der Waals surface area contributed by atoms with E-state index in [1.54, 1.807) is 6.20 Å². The van der Waals surface area contributed by atoms with E-state index < -0.39 is 0 Å². The summed E-state index contributed by atoms with van der Waals surface area (Å²) in [6.45, 7) is 1.84. The number of hydrogen-bond acceptors (Lipinski definition) is 2. The van der Waals surface area contributed by atoms with Crippen molar-refractivity contribution in [1.82, 2.24) is 4.98 Å². The largest absolute Gasteiger partial charge is 0.327 e. The molecule has 1 aromatic heterocycles. The zero-order valence-corrected chi connectivity index (χ0v) is 8.53. The molecule has 14 heavy (non-hydrogen) atoms. The third-order valence-electron chi connectivity index (χ3n) is 2.07. The van der Waals surface area contributed by atoms with Crippen molar-refractivity contribution in [3.8, 4) is 11.8 Å². The molecule has 1 aromatic rings. The molecule has 2 N–H and O–H groups in total. The number of pyridine rings is 1. The van der Waals surface area contributed by atoms with Crippen molar-refractivity contribution in [2.45, 2.75) is 32.2 Å². The lowest BCUT2D eigenvalue weighted by Gasteiger charge is -2.06. The molecule has 0 spiro atoms. The van der Waals surface area contributed by atoms with E-state index in [2.05, 4.69) is 22.9 Å². The van der Waals surface area contributed by atoms with E-state index >= 15 is 0 Å². The Morgan fingerprint density at radius 2 is 2.43 bits per heavy atom. The molecule has 0 bridgehead atoms. The molecule has 1 atom stereocenters. The number of hydrogen-bond donors (Lipinski definition) is 1. The van der Waals surface area contributed by atoms with Crippen molar-refractivity contribution in [2.24, 2.45) is 5.73 Å². The van der Waals surface area contributed by atoms with Crippen molar-refractivity contribution in [1.29, 1.82) is 0 Å². The van der Waals surface area contributed by atoms with Gasteiger partial charge in [-0.25, -0.2) is 0 Å². The normalized spacial score (nSPS) is 11.6. The van der Waals surface area contributed by atoms with Crippen LogP contribution in [-0.2, 0) is 6.42 Å². The van der Waals surface area contributed by atoms with Crippen LogP contribution in [0.2, 0.25) is 0 Å². The molecule has 0 saturated heterocycles. The Morgan fingerprint density at radius 1 is 1.57 bits per heavy atom. The molecule has 0 aromatic carbocycles. The van der Waals surface area contributed by atoms with Crippen LogP contribution >= 0.6 is 0 Å². The average molecular weight is 188 g/mol. The second kappa shape index (κ2) is 6.17. The topological polar surface area (TPSA) is 38.9 Å². The summed E-state index contributed by atoms with van der Waals surface area (Å²) in [5, 5.41) is 0. The molecule has 1 rings (SSSR count). The van der Waals surface area contributed by atoms with Gasteiger partial charge in [-0.3, -0.25) is 4.98 Å². The van der Waals surface area contributed by atoms with Gasteiger partial charge in [0.25, 0.3) is 0 Å². The van der Waals surface area contributed by atoms with Gasteiger partial charge >= 0.3 is 0 Å². The predicted molar refractivity (Wildman–Crippen MR) is 58.6 cm³/mol. The van der Waals surface area contributed by atoms with E-state index in [1.165, 1.54) is 5.56 Å². The lowest BCUT2D eigenvalue weighted by molar-refractivity contribution is 0.628. The molecule has 0 radical (unpaired) electrons. The third-order valence-corrected chi connectivity index (χ3v) is 2.07. The van der Waals surface area contributed by atoms with E-state index in [1.807, 2.05) is 19.2 Å². The minimum atomic E-state index is 0.183. The van der Waals surface area contributed by atoms with E-state index in [0.29, 0.717) is 0 Å². The Kier molecular flexibility index (Phi) is 4.74. The van der Waals surface area contributed by atoms with Crippen molar-refractivity contribution in [2.75, 3.05) is 0 Å². The number of rotatable bonds is 4. The summed E-state index contributed by atoms with van der Waals surface area (Å²) < 4.78 is 0. The highest BCUT2D eigenvalue weighted by Gasteiger charge is 2.00. The van der Waals surface area contributed by atoms with Gasteiger partial charge in [0.1, 0.15) is 0 Å². The Labute approximate surface area is 85.5 Å². The van der Waals surface area contributed by atoms with Gasteiger partial charge < -0.3 is 5.73 Å². The molecule has 0 aliphatic carbocycles. The molecule has 0 amide bonds. The van der Waals surface area contributed by atoms with Crippen molar-refractivity contribution < 1.29 is 0 Å². The first kappa shape index (κ1) is 10.7. The molecular weight excluding hydrogens is 172 g/mol. The zero-order chi connectivity index (χ0) is 10.2. The second-order valence-corrected chi connectivity index (χ2v) is 3.29. The quantitative estimate of drug-likeness (QED) is 0.731. The first-order valence-corrected chi connectivity index (χ1v) is 4.87. The summed E-state index contributed by atoms with van der Waals surface area (Å²) >= 11 is 0. The van der Waals surface area contributed by atoms with Gasteiger partial charge in [-0.15, -0.1) is 11.8 Å². The average Bonchev–Trinajstić information content (AvgIpc) is 2.25. The fraction of sp³-hybridized carbons (Fsp3) is 0.417. The maximum atomic E-state index is 5.88. The molecule has 0 aliphatic heterocycles. The van der Waals surface area contributed by atoms with Gasteiger partial charge in [0.15, 0.2) is 0 Å². The number of aryl methyl sites for hydroxylation is 1. The highest BCUT2D eigenvalue weighted by Crippen LogP contribution is 2.03. The molecule has 74 valence electrons. The zero-order valence-electron chi connectivity index (χ0n) is 8.53. The van der Waals surface area contributed by atoms with Crippen LogP contribution in [0, 0.1) is 11.8 Å². The lowest BCUT2D eigenvalue weighted by Crippen LogP contribution is -2.19. The third kappa shape index (κ3) is 4.06. The van der Waals surface area contributed by atoms with Crippen LogP contribution in [0.25, 0.3) is 0 Å². The smallest absolute Gasteiger partial charge is 0.0299 e. The van der Waals surface area contributed by atoms with Gasteiger partial charge in [-0.1, -0.05) is 6.07 Å². The molecule has 1 unspecified atom stereocenters. The number of nitrogens with two attached hydrogens (primary N) is 1. The fourth-order valence-electron chi connectivity index (χ4n) is 1.23. The van der Waals surface area contributed by atoms with E-state index in [4.69, 9.17) is 5.73 Å². The first-order valence-electron chi connectivity index (χ1n) is 4.87. The first-order chi connectivity index (χ1) is 6.83. The summed E-state index contributed by atoms with van der Waals surface area (Å²) in [5.41, 5.74) is 7.13. The molecule has 1 heterocycles. The monoisotopic (exact) mass is 188 g/mol. The molecular formula is C12H16N2. The minimum Gasteiger partial charge on any atom is -0.327 e. The van der Waals surface area contributed by atoms with E-state index in [0.717, 1.165) is 19.3 Å². The van der Waals surface area contributed by atoms with Crippen molar-refractivity contribution in [3.05, 3.63) is 30.1 Å². The van der Waals surface area contributed by atoms with Gasteiger partial charge in [0.2, 0.25) is 0 Å². The van der Waals surface area contributed by atoms with Crippen LogP contribution in [-0.4, -0.2) is 11.0 Å². The molecule has 0 fully saturated rings. The van der Waals surface area contributed by atoms with Crippen molar-refractivity contribution in [3.63, 3.8) is 0 Å². The van der Waals surface area contributed by atoms with E-state index in [9.17, 15) is 0 Å². The number of nitrogens with zero attached hydrogens (tertiary/aromatic N) is 1. The van der Waals surface area contributed by atoms with Gasteiger partial charge in [0.05, 0.1) is 0 Å². The summed E-state index contributed by atoms with van der Waals surface area (Å²) in [6.07, 6.45) is 6.42. The predicted octanol–water partition coefficient (Wildman–Crippen LogP) is 1.75. The van der Waals surface area contributed by atoms with Crippen molar-refractivity contribution >= 4 is 0 Å².